The second-order valence-electron chi connectivity index (χ2n) is 18.3. The molecule has 2 aliphatic rings. The number of ether oxygens (including phenoxy) is 1. The van der Waals surface area contributed by atoms with Crippen LogP contribution < -0.4 is 0 Å². The number of aromatic nitrogens is 1. The van der Waals surface area contributed by atoms with E-state index in [2.05, 4.69) is 95.9 Å². The van der Waals surface area contributed by atoms with Gasteiger partial charge < -0.3 is 4.74 Å². The molecule has 1 atom stereocenters. The van der Waals surface area contributed by atoms with Crippen molar-refractivity contribution in [1.29, 1.82) is 0 Å². The Labute approximate surface area is 399 Å². The standard InChI is InChI=1S/C8H11NS2.C7H9NO2.2C7H14O.C6H10O.C5H10O2S.C5H12.C4H7NS/c1-7(2)10-11-8-5-3-4-6-9-8;1-5(2)8-6(9)3-4-7(8)10;1-7(2,3)4-6-5-8-6;1-5-6(8)7(2,3)4;1-4-6(7)5(2)3;1-4-8(6,7)5(2)3;1-4-5(2)3;1-4(2)5-3-6/h3-7H,1-2H3;3-5H,1-2H3;6H,4-5H2,1-3H3;5H2,1-4H3;4-5H,1H2,2-3H3;4-5H,1H2,2-3H3;5H,4H2,1-3H3;4H,1-2H3. The highest BCUT2D eigenvalue weighted by molar-refractivity contribution is 8.76. The summed E-state index contributed by atoms with van der Waals surface area (Å²) in [6.45, 7) is 47.4. The first-order valence-electron chi connectivity index (χ1n) is 21.7. The number of aliphatic imine (C=N–C) groups is 1. The maximum Gasteiger partial charge on any atom is 0.253 e. The maximum atomic E-state index is 10.8. The van der Waals surface area contributed by atoms with Crippen molar-refractivity contribution in [2.45, 2.75) is 191 Å². The highest BCUT2D eigenvalue weighted by atomic mass is 33.1. The molecule has 0 N–H and O–H groups in total. The van der Waals surface area contributed by atoms with Crippen molar-refractivity contribution in [1.82, 2.24) is 9.88 Å². The minimum absolute atomic E-state index is 0.0324. The smallest absolute Gasteiger partial charge is 0.253 e. The number of isothiocyanates is 1. The lowest BCUT2D eigenvalue weighted by molar-refractivity contribution is -0.138. The Balaban J connectivity index is -0.000000206. The first kappa shape index (κ1) is 69.3. The summed E-state index contributed by atoms with van der Waals surface area (Å²) in [5.74, 6) is 1.02. The molecule has 0 bridgehead atoms. The van der Waals surface area contributed by atoms with E-state index in [9.17, 15) is 27.6 Å². The van der Waals surface area contributed by atoms with Crippen LogP contribution in [0.4, 0.5) is 0 Å². The van der Waals surface area contributed by atoms with Crippen LogP contribution in [-0.2, 0) is 33.8 Å². The molecule has 14 heteroatoms. The molecule has 1 unspecified atom stereocenters. The van der Waals surface area contributed by atoms with Gasteiger partial charge in [0.15, 0.2) is 15.6 Å². The minimum Gasteiger partial charge on any atom is -0.373 e. The fourth-order valence-electron chi connectivity index (χ4n) is 3.40. The normalized spacial score (nSPS) is 13.7. The number of ketones is 2. The number of hydrogen-bond acceptors (Lipinski definition) is 12. The Morgan fingerprint density at radius 2 is 1.41 bits per heavy atom. The van der Waals surface area contributed by atoms with Gasteiger partial charge in [0.05, 0.1) is 29.2 Å². The fourth-order valence-corrected chi connectivity index (χ4v) is 5.69. The number of rotatable bonds is 12. The van der Waals surface area contributed by atoms with E-state index in [1.807, 2.05) is 104 Å². The Hall–Kier alpha value is -2.74. The molecule has 0 saturated carbocycles. The lowest BCUT2D eigenvalue weighted by Crippen LogP contribution is -2.36. The van der Waals surface area contributed by atoms with Gasteiger partial charge in [-0.25, -0.2) is 18.4 Å². The number of amides is 2. The van der Waals surface area contributed by atoms with Crippen LogP contribution in [-0.4, -0.2) is 82.1 Å². The Kier molecular flexibility index (Phi) is 42.4. The highest BCUT2D eigenvalue weighted by Gasteiger charge is 2.28. The van der Waals surface area contributed by atoms with Crippen LogP contribution in [0.3, 0.4) is 0 Å². The molecule has 0 radical (unpaired) electrons. The van der Waals surface area contributed by atoms with Crippen molar-refractivity contribution in [2.75, 3.05) is 6.61 Å². The third-order valence-electron chi connectivity index (χ3n) is 7.51. The number of epoxide rings is 1. The third-order valence-corrected chi connectivity index (χ3v) is 12.2. The number of nitrogens with zero attached hydrogens (tertiary/aromatic N) is 3. The predicted octanol–water partition coefficient (Wildman–Crippen LogP) is 13.3. The van der Waals surface area contributed by atoms with Gasteiger partial charge in [-0.3, -0.25) is 24.1 Å². The molecule has 1 fully saturated rings. The van der Waals surface area contributed by atoms with Crippen molar-refractivity contribution >= 4 is 72.2 Å². The number of carbonyl (C=O) groups is 4. The largest absolute Gasteiger partial charge is 0.373 e. The molecule has 1 saturated heterocycles. The Bertz CT molecular complexity index is 1580. The number of allylic oxidation sites excluding steroid dienone is 1. The van der Waals surface area contributed by atoms with Gasteiger partial charge in [0.1, 0.15) is 10.8 Å². The van der Waals surface area contributed by atoms with E-state index in [1.54, 1.807) is 24.6 Å². The molecule has 364 valence electrons. The molecule has 63 heavy (non-hydrogen) atoms. The second-order valence-corrected chi connectivity index (χ2v) is 23.7. The first-order chi connectivity index (χ1) is 28.7. The lowest BCUT2D eigenvalue weighted by Gasteiger charge is -2.17. The zero-order valence-electron chi connectivity index (χ0n) is 42.7. The van der Waals surface area contributed by atoms with E-state index in [0.717, 1.165) is 23.0 Å². The Morgan fingerprint density at radius 3 is 1.56 bits per heavy atom. The number of imide groups is 1. The molecule has 1 aromatic heterocycles. The third kappa shape index (κ3) is 48.6. The molecule has 3 heterocycles. The van der Waals surface area contributed by atoms with Crippen LogP contribution >= 0.6 is 33.8 Å². The number of hydrogen-bond donors (Lipinski definition) is 0. The number of carbonyl (C=O) groups excluding carboxylic acids is 4. The average molecular weight is 959 g/mol. The predicted molar refractivity (Wildman–Crippen MR) is 277 cm³/mol. The quantitative estimate of drug-likeness (QED) is 0.0493. The minimum atomic E-state index is -2.97. The first-order valence-corrected chi connectivity index (χ1v) is 26.0. The lowest BCUT2D eigenvalue weighted by atomic mass is 9.90. The van der Waals surface area contributed by atoms with Gasteiger partial charge in [0, 0.05) is 52.8 Å². The van der Waals surface area contributed by atoms with Crippen molar-refractivity contribution in [3.8, 4) is 0 Å². The zero-order chi connectivity index (χ0) is 50.7. The maximum absolute atomic E-state index is 10.8. The number of sulfone groups is 1. The molecular weight excluding hydrogens is 871 g/mol. The second kappa shape index (κ2) is 38.5. The molecule has 3 rings (SSSR count). The van der Waals surface area contributed by atoms with Gasteiger partial charge in [-0.1, -0.05) is 133 Å². The molecule has 2 amide bonds. The molecule has 1 aromatic rings. The fraction of sp³-hybridized carbons (Fsp3) is 0.673. The SMILES string of the molecule is C=CC(=O)C(C)C.C=CS(=O)(=O)C(C)C.CC(C)(C)CC1CO1.CC(C)N1C(=O)C=CC1=O.CC(C)N=C=S.CC(C)SSc1ccccn1.CCC(=O)C(C)(C)C.CCC(C)C. The highest BCUT2D eigenvalue weighted by Crippen LogP contribution is 2.32. The van der Waals surface area contributed by atoms with Gasteiger partial charge in [0.2, 0.25) is 0 Å². The van der Waals surface area contributed by atoms with Crippen molar-refractivity contribution in [3.05, 3.63) is 61.2 Å². The molecule has 0 spiro atoms. The van der Waals surface area contributed by atoms with Crippen LogP contribution in [0.1, 0.15) is 158 Å². The van der Waals surface area contributed by atoms with E-state index in [-0.39, 0.29) is 40.2 Å². The summed E-state index contributed by atoms with van der Waals surface area (Å²) in [7, 11) is 0.600. The molecular formula is C49H87N3O7S4. The van der Waals surface area contributed by atoms with Crippen LogP contribution in [0.25, 0.3) is 0 Å². The van der Waals surface area contributed by atoms with Gasteiger partial charge in [-0.2, -0.15) is 0 Å². The molecule has 2 aliphatic heterocycles. The van der Waals surface area contributed by atoms with Crippen LogP contribution in [0.15, 0.2) is 71.2 Å². The summed E-state index contributed by atoms with van der Waals surface area (Å²) in [5.41, 5.74) is 0.329. The summed E-state index contributed by atoms with van der Waals surface area (Å²) in [4.78, 5) is 52.0. The van der Waals surface area contributed by atoms with Gasteiger partial charge in [0.25, 0.3) is 11.8 Å². The molecule has 0 aliphatic carbocycles. The molecule has 10 nitrogen and oxygen atoms in total. The van der Waals surface area contributed by atoms with Gasteiger partial charge >= 0.3 is 0 Å². The van der Waals surface area contributed by atoms with Crippen LogP contribution in [0, 0.1) is 22.7 Å². The average Bonchev–Trinajstić information content (AvgIpc) is 3.92. The summed E-state index contributed by atoms with van der Waals surface area (Å²) < 4.78 is 26.2. The number of thiocarbonyl (C=S) groups is 1. The zero-order valence-corrected chi connectivity index (χ0v) is 46.0. The van der Waals surface area contributed by atoms with E-state index >= 15 is 0 Å². The van der Waals surface area contributed by atoms with Crippen LogP contribution in [0.5, 0.6) is 0 Å². The van der Waals surface area contributed by atoms with E-state index < -0.39 is 9.84 Å². The molecule has 0 aromatic carbocycles. The van der Waals surface area contributed by atoms with Crippen molar-refractivity contribution in [3.63, 3.8) is 0 Å². The number of pyridine rings is 1. The van der Waals surface area contributed by atoms with E-state index in [4.69, 9.17) is 4.74 Å². The van der Waals surface area contributed by atoms with E-state index in [1.165, 1.54) is 36.0 Å². The van der Waals surface area contributed by atoms with Gasteiger partial charge in [-0.05, 0) is 101 Å². The number of Topliss-reactive ketones (excluding diaryl/α,β-unsaturated/α-hetero) is 1. The topological polar surface area (TPSA) is 143 Å². The summed E-state index contributed by atoms with van der Waals surface area (Å²) in [6, 6.07) is 6.25. The van der Waals surface area contributed by atoms with Crippen molar-refractivity contribution in [2.24, 2.45) is 27.7 Å². The summed E-state index contributed by atoms with van der Waals surface area (Å²) in [5, 5.41) is 4.67. The van der Waals surface area contributed by atoms with E-state index in [0.29, 0.717) is 35.0 Å². The Morgan fingerprint density at radius 1 is 0.937 bits per heavy atom. The summed E-state index contributed by atoms with van der Waals surface area (Å²) in [6.07, 6.45) is 9.53. The van der Waals surface area contributed by atoms with Gasteiger partial charge in [-0.15, -0.1) is 0 Å². The van der Waals surface area contributed by atoms with Crippen LogP contribution in [0.2, 0.25) is 0 Å². The summed E-state index contributed by atoms with van der Waals surface area (Å²) >= 11 is 4.31. The van der Waals surface area contributed by atoms with Crippen molar-refractivity contribution < 1.29 is 32.3 Å². The monoisotopic (exact) mass is 958 g/mol.